The molecule has 1 aromatic rings. The van der Waals surface area contributed by atoms with E-state index in [9.17, 15) is 0 Å². The molecule has 1 aliphatic rings. The Kier molecular flexibility index (Phi) is 5.89. The average Bonchev–Trinajstić information content (AvgIpc) is 2.48. The molecule has 0 saturated carbocycles. The van der Waals surface area contributed by atoms with Gasteiger partial charge in [-0.3, -0.25) is 0 Å². The average molecular weight is 277 g/mol. The molecule has 1 aliphatic carbocycles. The standard InChI is InChI=1S/C16H21O4/c1-17-7-9-19-15-11-13-5-3-4-6-14(13)12-16(15)20-10-8-18-2/h6,11-12H,3,5,7-10H2,1-2H3. The summed E-state index contributed by atoms with van der Waals surface area (Å²) in [5.74, 6) is 1.52. The van der Waals surface area contributed by atoms with E-state index in [2.05, 4.69) is 12.1 Å². The summed E-state index contributed by atoms with van der Waals surface area (Å²) in [5, 5.41) is 0. The van der Waals surface area contributed by atoms with Gasteiger partial charge in [0.25, 0.3) is 0 Å². The molecule has 0 atom stereocenters. The van der Waals surface area contributed by atoms with Gasteiger partial charge in [-0.05, 0) is 42.2 Å². The molecule has 4 heteroatoms. The molecule has 1 radical (unpaired) electrons. The number of fused-ring (bicyclic) bond motifs is 1. The maximum absolute atomic E-state index is 5.75. The van der Waals surface area contributed by atoms with Crippen LogP contribution in [0.25, 0.3) is 6.08 Å². The van der Waals surface area contributed by atoms with E-state index in [-0.39, 0.29) is 0 Å². The Morgan fingerprint density at radius 1 is 0.950 bits per heavy atom. The molecular weight excluding hydrogens is 256 g/mol. The highest BCUT2D eigenvalue weighted by Gasteiger charge is 2.13. The summed E-state index contributed by atoms with van der Waals surface area (Å²) in [7, 11) is 3.32. The summed E-state index contributed by atoms with van der Waals surface area (Å²) >= 11 is 0. The zero-order chi connectivity index (χ0) is 14.2. The molecule has 0 saturated heterocycles. The number of allylic oxidation sites excluding steroid dienone is 1. The van der Waals surface area contributed by atoms with Gasteiger partial charge in [-0.15, -0.1) is 0 Å². The zero-order valence-corrected chi connectivity index (χ0v) is 12.1. The van der Waals surface area contributed by atoms with Crippen LogP contribution in [0.15, 0.2) is 12.1 Å². The van der Waals surface area contributed by atoms with Gasteiger partial charge in [0.2, 0.25) is 0 Å². The van der Waals surface area contributed by atoms with E-state index in [0.29, 0.717) is 26.4 Å². The zero-order valence-electron chi connectivity index (χ0n) is 12.1. The van der Waals surface area contributed by atoms with Crippen LogP contribution < -0.4 is 9.47 Å². The van der Waals surface area contributed by atoms with Gasteiger partial charge >= 0.3 is 0 Å². The summed E-state index contributed by atoms with van der Waals surface area (Å²) in [5.41, 5.74) is 2.43. The third-order valence-electron chi connectivity index (χ3n) is 3.09. The number of ether oxygens (including phenoxy) is 4. The molecule has 0 fully saturated rings. The summed E-state index contributed by atoms with van der Waals surface area (Å²) in [4.78, 5) is 0. The molecule has 0 N–H and O–H groups in total. The van der Waals surface area contributed by atoms with E-state index < -0.39 is 0 Å². The van der Waals surface area contributed by atoms with Gasteiger partial charge < -0.3 is 18.9 Å². The van der Waals surface area contributed by atoms with Gasteiger partial charge in [-0.2, -0.15) is 0 Å². The molecule has 2 rings (SSSR count). The molecule has 0 aromatic heterocycles. The van der Waals surface area contributed by atoms with E-state index in [1.165, 1.54) is 5.56 Å². The van der Waals surface area contributed by atoms with Crippen LogP contribution in [-0.4, -0.2) is 40.6 Å². The lowest BCUT2D eigenvalue weighted by Crippen LogP contribution is -2.09. The number of rotatable bonds is 8. The van der Waals surface area contributed by atoms with Crippen molar-refractivity contribution in [3.63, 3.8) is 0 Å². The van der Waals surface area contributed by atoms with Gasteiger partial charge in [0.1, 0.15) is 13.2 Å². The third-order valence-corrected chi connectivity index (χ3v) is 3.09. The number of methoxy groups -OCH3 is 2. The fourth-order valence-electron chi connectivity index (χ4n) is 2.05. The summed E-state index contributed by atoms with van der Waals surface area (Å²) in [6.07, 6.45) is 7.20. The number of aryl methyl sites for hydroxylation is 1. The van der Waals surface area contributed by atoms with Gasteiger partial charge in [0, 0.05) is 14.2 Å². The second-order valence-electron chi connectivity index (χ2n) is 4.53. The highest BCUT2D eigenvalue weighted by atomic mass is 16.5. The van der Waals surface area contributed by atoms with Crippen LogP contribution in [0.2, 0.25) is 0 Å². The van der Waals surface area contributed by atoms with Crippen LogP contribution in [0, 0.1) is 6.08 Å². The Labute approximate surface area is 120 Å². The lowest BCUT2D eigenvalue weighted by atomic mass is 9.97. The quantitative estimate of drug-likeness (QED) is 0.684. The van der Waals surface area contributed by atoms with Crippen LogP contribution in [0.5, 0.6) is 11.5 Å². The van der Waals surface area contributed by atoms with Crippen LogP contribution in [-0.2, 0) is 15.9 Å². The van der Waals surface area contributed by atoms with E-state index >= 15 is 0 Å². The first-order valence-electron chi connectivity index (χ1n) is 6.82. The Morgan fingerprint density at radius 3 is 2.25 bits per heavy atom. The minimum absolute atomic E-state index is 0.503. The first kappa shape index (κ1) is 14.9. The Hall–Kier alpha value is -1.52. The van der Waals surface area contributed by atoms with Crippen molar-refractivity contribution in [3.8, 4) is 11.5 Å². The van der Waals surface area contributed by atoms with Gasteiger partial charge in [-0.1, -0.05) is 6.08 Å². The third kappa shape index (κ3) is 3.99. The largest absolute Gasteiger partial charge is 0.487 e. The Morgan fingerprint density at radius 2 is 1.60 bits per heavy atom. The van der Waals surface area contributed by atoms with E-state index in [1.807, 2.05) is 12.1 Å². The van der Waals surface area contributed by atoms with Crippen LogP contribution in [0.4, 0.5) is 0 Å². The van der Waals surface area contributed by atoms with E-state index in [4.69, 9.17) is 18.9 Å². The Bertz CT molecular complexity index is 454. The molecule has 0 spiro atoms. The summed E-state index contributed by atoms with van der Waals surface area (Å²) in [6, 6.07) is 4.07. The molecule has 109 valence electrons. The minimum Gasteiger partial charge on any atom is -0.487 e. The molecule has 0 unspecified atom stereocenters. The Balaban J connectivity index is 2.14. The smallest absolute Gasteiger partial charge is 0.161 e. The SMILES string of the molecule is COCCOc1cc2c(cc1OCCOC)CC[C]=C2. The first-order chi connectivity index (χ1) is 9.85. The second-order valence-corrected chi connectivity index (χ2v) is 4.53. The van der Waals surface area contributed by atoms with Crippen molar-refractivity contribution in [3.05, 3.63) is 29.3 Å². The lowest BCUT2D eigenvalue weighted by molar-refractivity contribution is 0.132. The van der Waals surface area contributed by atoms with Crippen molar-refractivity contribution in [1.82, 2.24) is 0 Å². The predicted octanol–water partition coefficient (Wildman–Crippen LogP) is 2.50. The first-order valence-corrected chi connectivity index (χ1v) is 6.82. The number of hydrogen-bond donors (Lipinski definition) is 0. The highest BCUT2D eigenvalue weighted by molar-refractivity contribution is 5.61. The number of benzene rings is 1. The second kappa shape index (κ2) is 7.92. The van der Waals surface area contributed by atoms with Gasteiger partial charge in [0.05, 0.1) is 13.2 Å². The molecule has 4 nitrogen and oxygen atoms in total. The van der Waals surface area contributed by atoms with E-state index in [0.717, 1.165) is 29.9 Å². The van der Waals surface area contributed by atoms with E-state index in [1.54, 1.807) is 14.2 Å². The van der Waals surface area contributed by atoms with Crippen molar-refractivity contribution in [2.24, 2.45) is 0 Å². The molecule has 0 bridgehead atoms. The fourth-order valence-corrected chi connectivity index (χ4v) is 2.05. The van der Waals surface area contributed by atoms with Crippen LogP contribution in [0.1, 0.15) is 17.5 Å². The maximum atomic E-state index is 5.75. The molecule has 20 heavy (non-hydrogen) atoms. The molecule has 0 aliphatic heterocycles. The number of hydrogen-bond acceptors (Lipinski definition) is 4. The van der Waals surface area contributed by atoms with Crippen molar-refractivity contribution >= 4 is 6.08 Å². The molecule has 0 amide bonds. The monoisotopic (exact) mass is 277 g/mol. The molecule has 1 aromatic carbocycles. The van der Waals surface area contributed by atoms with Crippen LogP contribution >= 0.6 is 0 Å². The maximum Gasteiger partial charge on any atom is 0.161 e. The predicted molar refractivity (Wildman–Crippen MR) is 77.2 cm³/mol. The fraction of sp³-hybridized carbons (Fsp3) is 0.500. The van der Waals surface area contributed by atoms with Crippen LogP contribution in [0.3, 0.4) is 0 Å². The highest BCUT2D eigenvalue weighted by Crippen LogP contribution is 2.33. The van der Waals surface area contributed by atoms with Gasteiger partial charge in [0.15, 0.2) is 11.5 Å². The molecular formula is C16H21O4. The normalized spacial score (nSPS) is 13.1. The van der Waals surface area contributed by atoms with Crippen molar-refractivity contribution in [1.29, 1.82) is 0 Å². The minimum atomic E-state index is 0.503. The van der Waals surface area contributed by atoms with Gasteiger partial charge in [-0.25, -0.2) is 0 Å². The van der Waals surface area contributed by atoms with Crippen molar-refractivity contribution in [2.45, 2.75) is 12.8 Å². The lowest BCUT2D eigenvalue weighted by Gasteiger charge is -2.17. The summed E-state index contributed by atoms with van der Waals surface area (Å²) < 4.78 is 21.5. The van der Waals surface area contributed by atoms with Crippen molar-refractivity contribution in [2.75, 3.05) is 40.6 Å². The van der Waals surface area contributed by atoms with Crippen molar-refractivity contribution < 1.29 is 18.9 Å². The molecule has 0 heterocycles. The topological polar surface area (TPSA) is 36.9 Å². The summed E-state index contributed by atoms with van der Waals surface area (Å²) in [6.45, 7) is 2.13.